The van der Waals surface area contributed by atoms with E-state index in [1.54, 1.807) is 6.07 Å². The van der Waals surface area contributed by atoms with Gasteiger partial charge in [0, 0.05) is 54.8 Å². The number of hydrogen-bond acceptors (Lipinski definition) is 5. The number of aromatic nitrogens is 4. The van der Waals surface area contributed by atoms with Crippen molar-refractivity contribution in [3.63, 3.8) is 0 Å². The number of benzene rings is 5. The van der Waals surface area contributed by atoms with Crippen molar-refractivity contribution in [1.29, 1.82) is 0 Å². The molecule has 5 aromatic carbocycles. The van der Waals surface area contributed by atoms with E-state index in [4.69, 9.17) is 19.4 Å². The third-order valence-corrected chi connectivity index (χ3v) is 10.6. The Labute approximate surface area is 335 Å². The van der Waals surface area contributed by atoms with Crippen LogP contribution in [-0.4, -0.2) is 24.6 Å². The van der Waals surface area contributed by atoms with Crippen LogP contribution in [0.2, 0.25) is 0 Å². The fraction of sp³-hybridized carbons (Fsp3) is 0.188. The maximum absolute atomic E-state index is 11.5. The largest absolute Gasteiger partial charge is 0.507 e. The van der Waals surface area contributed by atoms with E-state index in [1.807, 2.05) is 60.9 Å². The molecule has 276 valence electrons. The van der Waals surface area contributed by atoms with Gasteiger partial charge in [-0.15, -0.1) is 17.7 Å². The van der Waals surface area contributed by atoms with E-state index in [1.165, 1.54) is 16.7 Å². The molecule has 0 aliphatic heterocycles. The number of phenolic OH excluding ortho intramolecular Hbond substituents is 1. The molecule has 0 saturated heterocycles. The molecule has 55 heavy (non-hydrogen) atoms. The van der Waals surface area contributed by atoms with Crippen LogP contribution >= 0.6 is 0 Å². The molecule has 0 aliphatic carbocycles. The van der Waals surface area contributed by atoms with Gasteiger partial charge in [0.25, 0.3) is 0 Å². The van der Waals surface area contributed by atoms with Crippen molar-refractivity contribution in [2.24, 2.45) is 0 Å². The van der Waals surface area contributed by atoms with E-state index in [0.717, 1.165) is 60.7 Å². The van der Waals surface area contributed by atoms with Gasteiger partial charge in [0.1, 0.15) is 16.9 Å². The number of phenols is 1. The molecule has 6 nitrogen and oxygen atoms in total. The van der Waals surface area contributed by atoms with E-state index >= 15 is 0 Å². The molecule has 9 rings (SSSR count). The van der Waals surface area contributed by atoms with Crippen LogP contribution in [0, 0.1) is 13.0 Å². The van der Waals surface area contributed by atoms with Crippen LogP contribution in [0.3, 0.4) is 0 Å². The average Bonchev–Trinajstić information content (AvgIpc) is 3.73. The molecular weight excluding hydrogens is 860 g/mol. The van der Waals surface area contributed by atoms with Crippen LogP contribution in [0.5, 0.6) is 5.75 Å². The Balaban J connectivity index is 0.00000427. The second kappa shape index (κ2) is 13.3. The minimum absolute atomic E-state index is 0. The van der Waals surface area contributed by atoms with Crippen molar-refractivity contribution in [3.8, 4) is 45.2 Å². The smallest absolute Gasteiger partial charge is 0.147 e. The summed E-state index contributed by atoms with van der Waals surface area (Å²) in [5.74, 6) is 0.840. The normalized spacial score (nSPS) is 12.2. The number of imidazole rings is 1. The Hall–Kier alpha value is -5.58. The summed E-state index contributed by atoms with van der Waals surface area (Å²) in [6.45, 7) is 15.5. The van der Waals surface area contributed by atoms with Crippen molar-refractivity contribution in [1.82, 2.24) is 19.5 Å². The van der Waals surface area contributed by atoms with Gasteiger partial charge in [-0.1, -0.05) is 102 Å². The van der Waals surface area contributed by atoms with Gasteiger partial charge in [0.2, 0.25) is 0 Å². The molecule has 0 fully saturated rings. The fourth-order valence-corrected chi connectivity index (χ4v) is 7.55. The maximum Gasteiger partial charge on any atom is 0.147 e. The number of fused-ring (bicyclic) bond motifs is 5. The van der Waals surface area contributed by atoms with Crippen LogP contribution in [-0.2, 0) is 31.9 Å². The van der Waals surface area contributed by atoms with Crippen LogP contribution in [0.4, 0.5) is 0 Å². The van der Waals surface area contributed by atoms with Crippen molar-refractivity contribution in [3.05, 3.63) is 138 Å². The number of rotatable bonds is 4. The molecular formula is C48H41N4O2Pt-. The van der Waals surface area contributed by atoms with Gasteiger partial charge < -0.3 is 14.1 Å². The summed E-state index contributed by atoms with van der Waals surface area (Å²) in [5.41, 5.74) is 12.2. The Morgan fingerprint density at radius 2 is 1.42 bits per heavy atom. The summed E-state index contributed by atoms with van der Waals surface area (Å²) in [7, 11) is 0. The number of aryl methyl sites for hydroxylation is 1. The van der Waals surface area contributed by atoms with Crippen LogP contribution < -0.4 is 0 Å². The predicted molar refractivity (Wildman–Crippen MR) is 220 cm³/mol. The Kier molecular flexibility index (Phi) is 8.81. The number of hydrogen-bond donors (Lipinski definition) is 1. The average molecular weight is 901 g/mol. The van der Waals surface area contributed by atoms with Gasteiger partial charge in [-0.3, -0.25) is 15.0 Å². The van der Waals surface area contributed by atoms with Gasteiger partial charge in [-0.25, -0.2) is 0 Å². The van der Waals surface area contributed by atoms with Crippen molar-refractivity contribution < 1.29 is 30.6 Å². The van der Waals surface area contributed by atoms with Crippen LogP contribution in [0.25, 0.3) is 83.3 Å². The second-order valence-electron chi connectivity index (χ2n) is 16.3. The Morgan fingerprint density at radius 3 is 2.18 bits per heavy atom. The maximum atomic E-state index is 11.5. The zero-order valence-electron chi connectivity index (χ0n) is 31.9. The summed E-state index contributed by atoms with van der Waals surface area (Å²) in [6, 6.07) is 38.6. The second-order valence-corrected chi connectivity index (χ2v) is 16.3. The van der Waals surface area contributed by atoms with Gasteiger partial charge in [-0.2, -0.15) is 0 Å². The first kappa shape index (κ1) is 36.4. The standard InChI is InChI=1S/C48H41N4O2.Pt/c1-28-21-23-50-43-36(28)26-31(48(5,6)7)27-37(43)38-25-29(22-24-49-38)46-51-44-35(42-40(53)20-19-34-33-11-8-9-14-41(33)54-45(34)42)12-10-13-39(44)52(46)32-17-15-30(16-18-32)47(2,3)4;/h8-24,26-27,53H,1-7H3;/q-1;. The van der Waals surface area contributed by atoms with Crippen molar-refractivity contribution in [2.75, 3.05) is 0 Å². The quantitative estimate of drug-likeness (QED) is 0.178. The van der Waals surface area contributed by atoms with Crippen LogP contribution in [0.15, 0.2) is 120 Å². The Bertz CT molecular complexity index is 2930. The number of para-hydroxylation sites is 2. The molecule has 4 aromatic heterocycles. The summed E-state index contributed by atoms with van der Waals surface area (Å²) in [5, 5.41) is 14.5. The third-order valence-electron chi connectivity index (χ3n) is 10.6. The number of furan rings is 1. The summed E-state index contributed by atoms with van der Waals surface area (Å²) in [4.78, 5) is 15.2. The van der Waals surface area contributed by atoms with E-state index in [0.29, 0.717) is 22.7 Å². The van der Waals surface area contributed by atoms with E-state index < -0.39 is 0 Å². The van der Waals surface area contributed by atoms with E-state index in [2.05, 4.69) is 108 Å². The van der Waals surface area contributed by atoms with Gasteiger partial charge in [-0.05, 0) is 94.2 Å². The van der Waals surface area contributed by atoms with E-state index in [-0.39, 0.29) is 37.6 Å². The zero-order chi connectivity index (χ0) is 37.5. The zero-order valence-corrected chi connectivity index (χ0v) is 34.2. The van der Waals surface area contributed by atoms with Crippen molar-refractivity contribution in [2.45, 2.75) is 59.3 Å². The molecule has 0 saturated carbocycles. The SMILES string of the molecule is Cc1ccnc2c(-c3[c-]c(-c4nc5c(-c6c(O)ccc7c6oc6ccccc67)cccc5n4-c4ccc(C(C)(C)C)cc4)ccn3)cc(C(C)(C)C)cc12.[Pt]. The first-order valence-electron chi connectivity index (χ1n) is 18.4. The molecule has 0 unspecified atom stereocenters. The molecule has 0 atom stereocenters. The van der Waals surface area contributed by atoms with E-state index in [9.17, 15) is 5.11 Å². The number of pyridine rings is 2. The summed E-state index contributed by atoms with van der Waals surface area (Å²) < 4.78 is 8.63. The van der Waals surface area contributed by atoms with Gasteiger partial charge in [0.15, 0.2) is 0 Å². The summed E-state index contributed by atoms with van der Waals surface area (Å²) in [6.07, 6.45) is 3.70. The molecule has 4 heterocycles. The minimum atomic E-state index is -0.0827. The van der Waals surface area contributed by atoms with Gasteiger partial charge in [0.05, 0.1) is 22.4 Å². The summed E-state index contributed by atoms with van der Waals surface area (Å²) >= 11 is 0. The minimum Gasteiger partial charge on any atom is -0.507 e. The van der Waals surface area contributed by atoms with Gasteiger partial charge >= 0.3 is 0 Å². The first-order valence-corrected chi connectivity index (χ1v) is 18.4. The number of aromatic hydroxyl groups is 1. The molecule has 0 aliphatic rings. The molecule has 7 heteroatoms. The predicted octanol–water partition coefficient (Wildman–Crippen LogP) is 12.3. The Morgan fingerprint density at radius 1 is 0.673 bits per heavy atom. The molecule has 0 spiro atoms. The first-order chi connectivity index (χ1) is 25.9. The van der Waals surface area contributed by atoms with Crippen molar-refractivity contribution >= 4 is 43.9 Å². The molecule has 0 bridgehead atoms. The fourth-order valence-electron chi connectivity index (χ4n) is 7.55. The number of nitrogens with zero attached hydrogens (tertiary/aromatic N) is 4. The third kappa shape index (κ3) is 6.13. The topological polar surface area (TPSA) is 77.0 Å². The molecule has 9 aromatic rings. The molecule has 0 amide bonds. The molecule has 1 N–H and O–H groups in total. The molecule has 0 radical (unpaired) electrons. The monoisotopic (exact) mass is 900 g/mol. The van der Waals surface area contributed by atoms with Crippen LogP contribution in [0.1, 0.15) is 58.2 Å².